The van der Waals surface area contributed by atoms with Gasteiger partial charge in [0, 0.05) is 17.4 Å². The zero-order chi connectivity index (χ0) is 16.0. The SMILES string of the molecule is CC(C)(CO)COCC(C)(C)CNC(=O)OC(C)(C)C. The molecule has 0 fully saturated rings. The van der Waals surface area contributed by atoms with Gasteiger partial charge in [-0.05, 0) is 20.8 Å². The summed E-state index contributed by atoms with van der Waals surface area (Å²) in [7, 11) is 0. The van der Waals surface area contributed by atoms with E-state index in [0.29, 0.717) is 19.8 Å². The highest BCUT2D eigenvalue weighted by Crippen LogP contribution is 2.19. The molecule has 0 aliphatic heterocycles. The molecule has 0 saturated heterocycles. The predicted octanol–water partition coefficient (Wildman–Crippen LogP) is 2.57. The molecule has 0 aromatic heterocycles. The predicted molar refractivity (Wildman–Crippen MR) is 79.7 cm³/mol. The summed E-state index contributed by atoms with van der Waals surface area (Å²) in [5.74, 6) is 0. The molecule has 0 aliphatic rings. The normalized spacial score (nSPS) is 13.2. The molecule has 0 heterocycles. The Balaban J connectivity index is 4.04. The van der Waals surface area contributed by atoms with Crippen molar-refractivity contribution in [1.29, 1.82) is 0 Å². The summed E-state index contributed by atoms with van der Waals surface area (Å²) in [6.07, 6.45) is -0.415. The zero-order valence-corrected chi connectivity index (χ0v) is 14.0. The highest BCUT2D eigenvalue weighted by Gasteiger charge is 2.24. The van der Waals surface area contributed by atoms with Crippen molar-refractivity contribution in [3.63, 3.8) is 0 Å². The number of amides is 1. The van der Waals surface area contributed by atoms with Crippen LogP contribution in [0.2, 0.25) is 0 Å². The van der Waals surface area contributed by atoms with Gasteiger partial charge in [-0.25, -0.2) is 4.79 Å². The molecule has 0 unspecified atom stereocenters. The summed E-state index contributed by atoms with van der Waals surface area (Å²) in [4.78, 5) is 11.6. The van der Waals surface area contributed by atoms with E-state index >= 15 is 0 Å². The minimum atomic E-state index is -0.490. The summed E-state index contributed by atoms with van der Waals surface area (Å²) in [5.41, 5.74) is -0.924. The van der Waals surface area contributed by atoms with Crippen LogP contribution in [0.15, 0.2) is 0 Å². The fourth-order valence-corrected chi connectivity index (χ4v) is 1.33. The largest absolute Gasteiger partial charge is 0.444 e. The highest BCUT2D eigenvalue weighted by atomic mass is 16.6. The smallest absolute Gasteiger partial charge is 0.407 e. The van der Waals surface area contributed by atoms with Gasteiger partial charge in [0.05, 0.1) is 19.8 Å². The minimum Gasteiger partial charge on any atom is -0.444 e. The molecular formula is C15H31NO4. The molecule has 0 aromatic carbocycles. The Hall–Kier alpha value is -0.810. The number of ether oxygens (including phenoxy) is 2. The first kappa shape index (κ1) is 19.2. The lowest BCUT2D eigenvalue weighted by atomic mass is 9.93. The van der Waals surface area contributed by atoms with E-state index < -0.39 is 11.7 Å². The van der Waals surface area contributed by atoms with Crippen molar-refractivity contribution >= 4 is 6.09 Å². The molecule has 0 spiro atoms. The number of nitrogens with one attached hydrogen (secondary N) is 1. The number of aliphatic hydroxyl groups excluding tert-OH is 1. The van der Waals surface area contributed by atoms with Crippen LogP contribution in [-0.4, -0.2) is 43.2 Å². The number of rotatable bonds is 7. The Kier molecular flexibility index (Phi) is 6.98. The second kappa shape index (κ2) is 7.27. The van der Waals surface area contributed by atoms with Crippen molar-refractivity contribution in [2.45, 2.75) is 54.1 Å². The second-order valence-corrected chi connectivity index (χ2v) is 7.83. The van der Waals surface area contributed by atoms with Crippen molar-refractivity contribution in [2.24, 2.45) is 10.8 Å². The molecular weight excluding hydrogens is 258 g/mol. The monoisotopic (exact) mass is 289 g/mol. The Morgan fingerprint density at radius 2 is 1.50 bits per heavy atom. The lowest BCUT2D eigenvalue weighted by Gasteiger charge is -2.28. The first-order valence-electron chi connectivity index (χ1n) is 7.02. The molecule has 1 amide bonds. The van der Waals surface area contributed by atoms with E-state index in [-0.39, 0.29) is 17.4 Å². The van der Waals surface area contributed by atoms with Crippen LogP contribution >= 0.6 is 0 Å². The average Bonchev–Trinajstić information content (AvgIpc) is 2.24. The fourth-order valence-electron chi connectivity index (χ4n) is 1.33. The van der Waals surface area contributed by atoms with Gasteiger partial charge >= 0.3 is 6.09 Å². The van der Waals surface area contributed by atoms with Gasteiger partial charge in [-0.3, -0.25) is 0 Å². The van der Waals surface area contributed by atoms with Crippen molar-refractivity contribution in [1.82, 2.24) is 5.32 Å². The molecule has 120 valence electrons. The van der Waals surface area contributed by atoms with Gasteiger partial charge in [-0.2, -0.15) is 0 Å². The van der Waals surface area contributed by atoms with Crippen LogP contribution in [0.25, 0.3) is 0 Å². The van der Waals surface area contributed by atoms with E-state index in [2.05, 4.69) is 5.32 Å². The number of hydrogen-bond acceptors (Lipinski definition) is 4. The third-order valence-corrected chi connectivity index (χ3v) is 2.52. The van der Waals surface area contributed by atoms with Gasteiger partial charge in [0.1, 0.15) is 5.60 Å². The maximum absolute atomic E-state index is 11.6. The van der Waals surface area contributed by atoms with E-state index in [1.54, 1.807) is 0 Å². The molecule has 0 aliphatic carbocycles. The van der Waals surface area contributed by atoms with Gasteiger partial charge in [0.2, 0.25) is 0 Å². The van der Waals surface area contributed by atoms with Gasteiger partial charge in [0.15, 0.2) is 0 Å². The molecule has 0 radical (unpaired) electrons. The number of aliphatic hydroxyl groups is 1. The lowest BCUT2D eigenvalue weighted by Crippen LogP contribution is -2.40. The standard InChI is InChI=1S/C15H31NO4/c1-13(2,3)20-12(18)16-8-14(4,5)10-19-11-15(6,7)9-17/h17H,8-11H2,1-7H3,(H,16,18). The zero-order valence-electron chi connectivity index (χ0n) is 14.0. The number of carbonyl (C=O) groups excluding carboxylic acids is 1. The van der Waals surface area contributed by atoms with Crippen LogP contribution in [0.4, 0.5) is 4.79 Å². The molecule has 5 nitrogen and oxygen atoms in total. The molecule has 2 N–H and O–H groups in total. The van der Waals surface area contributed by atoms with Crippen molar-refractivity contribution in [3.05, 3.63) is 0 Å². The first-order valence-corrected chi connectivity index (χ1v) is 7.02. The average molecular weight is 289 g/mol. The molecule has 0 aromatic rings. The van der Waals surface area contributed by atoms with Gasteiger partial charge < -0.3 is 19.9 Å². The second-order valence-electron chi connectivity index (χ2n) is 7.83. The maximum atomic E-state index is 11.6. The quantitative estimate of drug-likeness (QED) is 0.756. The summed E-state index contributed by atoms with van der Waals surface area (Å²) in [6, 6.07) is 0. The third kappa shape index (κ3) is 10.0. The van der Waals surface area contributed by atoms with E-state index in [1.165, 1.54) is 0 Å². The van der Waals surface area contributed by atoms with Crippen LogP contribution in [0.3, 0.4) is 0 Å². The van der Waals surface area contributed by atoms with E-state index in [0.717, 1.165) is 0 Å². The van der Waals surface area contributed by atoms with E-state index in [4.69, 9.17) is 14.6 Å². The van der Waals surface area contributed by atoms with Crippen LogP contribution in [-0.2, 0) is 9.47 Å². The van der Waals surface area contributed by atoms with Crippen LogP contribution in [0.1, 0.15) is 48.5 Å². The Morgan fingerprint density at radius 1 is 1.00 bits per heavy atom. The maximum Gasteiger partial charge on any atom is 0.407 e. The van der Waals surface area contributed by atoms with Gasteiger partial charge in [-0.15, -0.1) is 0 Å². The number of alkyl carbamates (subject to hydrolysis) is 1. The van der Waals surface area contributed by atoms with Crippen molar-refractivity contribution < 1.29 is 19.4 Å². The fraction of sp³-hybridized carbons (Fsp3) is 0.933. The number of carbonyl (C=O) groups is 1. The Labute approximate surface area is 123 Å². The Morgan fingerprint density at radius 3 is 1.95 bits per heavy atom. The minimum absolute atomic E-state index is 0.0869. The summed E-state index contributed by atoms with van der Waals surface area (Å²) in [5, 5.41) is 11.9. The summed E-state index contributed by atoms with van der Waals surface area (Å²) >= 11 is 0. The Bertz CT molecular complexity index is 305. The van der Waals surface area contributed by atoms with Crippen molar-refractivity contribution in [2.75, 3.05) is 26.4 Å². The molecule has 0 saturated carbocycles. The topological polar surface area (TPSA) is 67.8 Å². The molecule has 0 atom stereocenters. The van der Waals surface area contributed by atoms with E-state index in [1.807, 2.05) is 48.5 Å². The van der Waals surface area contributed by atoms with Crippen LogP contribution in [0, 0.1) is 10.8 Å². The summed E-state index contributed by atoms with van der Waals surface area (Å²) in [6.45, 7) is 15.0. The molecule has 5 heteroatoms. The highest BCUT2D eigenvalue weighted by molar-refractivity contribution is 5.67. The summed E-state index contributed by atoms with van der Waals surface area (Å²) < 4.78 is 10.8. The molecule has 0 bridgehead atoms. The van der Waals surface area contributed by atoms with Crippen molar-refractivity contribution in [3.8, 4) is 0 Å². The lowest BCUT2D eigenvalue weighted by molar-refractivity contribution is -0.00656. The molecule has 20 heavy (non-hydrogen) atoms. The van der Waals surface area contributed by atoms with Crippen LogP contribution in [0.5, 0.6) is 0 Å². The first-order chi connectivity index (χ1) is 8.87. The van der Waals surface area contributed by atoms with Gasteiger partial charge in [-0.1, -0.05) is 27.7 Å². The van der Waals surface area contributed by atoms with E-state index in [9.17, 15) is 4.79 Å². The van der Waals surface area contributed by atoms with Gasteiger partial charge in [0.25, 0.3) is 0 Å². The number of hydrogen-bond donors (Lipinski definition) is 2. The third-order valence-electron chi connectivity index (χ3n) is 2.52. The van der Waals surface area contributed by atoms with Crippen LogP contribution < -0.4 is 5.32 Å². The molecule has 0 rings (SSSR count).